The Morgan fingerprint density at radius 1 is 0.426 bits per heavy atom. The van der Waals surface area contributed by atoms with E-state index in [1.54, 1.807) is 36.7 Å². The van der Waals surface area contributed by atoms with E-state index in [1.807, 2.05) is 64.2 Å². The van der Waals surface area contributed by atoms with Gasteiger partial charge in [-0.15, -0.1) is 0 Å². The number of nitrogens with zero attached hydrogens (tertiary/aromatic N) is 6. The number of fused-ring (bicyclic) bond motifs is 3. The molecule has 0 unspecified atom stereocenters. The van der Waals surface area contributed by atoms with Gasteiger partial charge in [-0.1, -0.05) is 145 Å². The number of hydrogen-bond donors (Lipinski definition) is 3. The third-order valence-electron chi connectivity index (χ3n) is 14.6. The number of aromatic nitrogens is 6. The molecule has 0 spiro atoms. The lowest BCUT2D eigenvalue weighted by Crippen LogP contribution is -2.19. The van der Waals surface area contributed by atoms with Crippen molar-refractivity contribution in [1.82, 2.24) is 29.9 Å². The van der Waals surface area contributed by atoms with Crippen LogP contribution in [0, 0.1) is 0 Å². The summed E-state index contributed by atoms with van der Waals surface area (Å²) < 4.78 is 85.6. The first-order valence-corrected chi connectivity index (χ1v) is 35.3. The lowest BCUT2D eigenvalue weighted by molar-refractivity contribution is 0.102. The second-order valence-electron chi connectivity index (χ2n) is 22.0. The molecule has 18 nitrogen and oxygen atoms in total. The number of nitrogens with one attached hydrogen (secondary N) is 3. The second kappa shape index (κ2) is 28.2. The van der Waals surface area contributed by atoms with Gasteiger partial charge in [0.25, 0.3) is 30.1 Å². The lowest BCUT2D eigenvalue weighted by atomic mass is 9.87. The number of ketones is 3. The van der Waals surface area contributed by atoms with Crippen molar-refractivity contribution in [3.8, 4) is 0 Å². The second-order valence-corrected chi connectivity index (χ2v) is 30.0. The molecule has 3 aromatic carbocycles. The molecule has 9 aromatic rings. The number of benzene rings is 3. The molecule has 94 heavy (non-hydrogen) atoms. The van der Waals surface area contributed by atoms with Crippen LogP contribution in [0.15, 0.2) is 161 Å². The van der Waals surface area contributed by atoms with Gasteiger partial charge in [0.15, 0.2) is 0 Å². The number of hydrogen-bond acceptors (Lipinski definition) is 15. The first-order valence-electron chi connectivity index (χ1n) is 28.2. The number of carbonyl (C=O) groups is 3. The van der Waals surface area contributed by atoms with Crippen molar-refractivity contribution in [2.75, 3.05) is 14.2 Å². The van der Waals surface area contributed by atoms with Gasteiger partial charge in [0.2, 0.25) is 17.3 Å². The predicted octanol–water partition coefficient (Wildman–Crippen LogP) is 15.7. The zero-order chi connectivity index (χ0) is 67.6. The topological polar surface area (TPSA) is 267 Å². The number of carbonyl (C=O) groups excluding carboxylic acids is 3. The summed E-state index contributed by atoms with van der Waals surface area (Å²) in [5.74, 6) is -1.31. The van der Waals surface area contributed by atoms with E-state index < -0.39 is 47.4 Å². The summed E-state index contributed by atoms with van der Waals surface area (Å²) in [5.41, 5.74) is 6.39. The van der Waals surface area contributed by atoms with Gasteiger partial charge in [-0.25, -0.2) is 40.2 Å². The Balaban J connectivity index is 0.000000154. The number of rotatable bonds is 16. The number of anilines is 3. The van der Waals surface area contributed by atoms with Crippen LogP contribution in [0.2, 0.25) is 35.2 Å². The molecule has 0 bridgehead atoms. The SMILES string of the molecule is CC(C)(C)c1cc(S(=O)(=O)Nc2cc(Cl)cnc2C(=O)c2ccnc3c2C=CC3)ccc1Cl.CCc1cc(S(=O)(=O)Nc2cc(Cl)cnc2C(=O)c2ccnc3c2C=CC3)ccc1Cl.O=C(c1ccnc2c1C=CC2)c1ncc(Cl)cc1NS(=O)(=O)c1ccc(Cl)c(Cl)c1. The Morgan fingerprint density at radius 2 is 0.766 bits per heavy atom. The standard InChI is InChI=1S/C24H21Cl2N3O3S.C22H17Cl2N3O3S.C20H12Cl3N3O3S/c1-24(2,3)18-12-15(7-8-19(18)26)33(31,32)29-21-11-14(25)13-28-22(21)23(30)17-9-10-27-20-6-4-5-16(17)20;1-2-13-10-15(6-7-18(13)24)31(29,30)27-20-11-14(23)12-26-21(20)22(28)17-8-9-25-19-5-3-4-16(17)19;21-11-8-18(26-30(28,29)12-4-5-15(22)16(23)9-12)19(25-10-11)20(27)14-6-7-24-17-3-1-2-13(14)17/h4-5,7-13,29H,6H2,1-3H3;3-4,6-12,27H,2,5H2,1H3;1-2,4-10,26H,3H2. The molecule has 0 aliphatic heterocycles. The molecule has 0 saturated carbocycles. The first kappa shape index (κ1) is 68.9. The molecule has 12 rings (SSSR count). The van der Waals surface area contributed by atoms with Crippen molar-refractivity contribution in [3.05, 3.63) is 260 Å². The van der Waals surface area contributed by atoms with Gasteiger partial charge in [-0.3, -0.25) is 43.5 Å². The average molecular weight is 1460 g/mol. The Hall–Kier alpha value is -7.93. The third kappa shape index (κ3) is 15.2. The van der Waals surface area contributed by atoms with E-state index >= 15 is 0 Å². The van der Waals surface area contributed by atoms with Crippen LogP contribution < -0.4 is 14.2 Å². The molecule has 28 heteroatoms. The van der Waals surface area contributed by atoms with E-state index in [0.29, 0.717) is 80.2 Å². The Bertz CT molecular complexity index is 5070. The third-order valence-corrected chi connectivity index (χ3v) is 20.8. The van der Waals surface area contributed by atoms with Crippen molar-refractivity contribution in [2.24, 2.45) is 0 Å². The van der Waals surface area contributed by atoms with E-state index in [1.165, 1.54) is 91.5 Å². The van der Waals surface area contributed by atoms with Gasteiger partial charge in [-0.05, 0) is 114 Å². The summed E-state index contributed by atoms with van der Waals surface area (Å²) >= 11 is 42.4. The fourth-order valence-corrected chi connectivity index (χ4v) is 14.8. The molecule has 6 aromatic heterocycles. The highest BCUT2D eigenvalue weighted by atomic mass is 35.5. The van der Waals surface area contributed by atoms with Gasteiger partial charge < -0.3 is 0 Å². The first-order chi connectivity index (χ1) is 44.5. The van der Waals surface area contributed by atoms with E-state index in [9.17, 15) is 39.6 Å². The number of allylic oxidation sites excluding steroid dienone is 3. The fraction of sp³-hybridized carbons (Fsp3) is 0.136. The Kier molecular flexibility index (Phi) is 20.7. The molecule has 3 aliphatic carbocycles. The van der Waals surface area contributed by atoms with Gasteiger partial charge in [0.05, 0.1) is 73.9 Å². The number of sulfonamides is 3. The number of aryl methyl sites for hydroxylation is 1. The molecule has 6 heterocycles. The number of halogens is 7. The van der Waals surface area contributed by atoms with Crippen LogP contribution in [0.25, 0.3) is 18.2 Å². The lowest BCUT2D eigenvalue weighted by Gasteiger charge is -2.21. The van der Waals surface area contributed by atoms with E-state index in [-0.39, 0.29) is 79.4 Å². The van der Waals surface area contributed by atoms with Gasteiger partial charge in [-0.2, -0.15) is 0 Å². The van der Waals surface area contributed by atoms with E-state index in [4.69, 9.17) is 81.2 Å². The molecule has 0 fully saturated rings. The molecule has 0 amide bonds. The monoisotopic (exact) mass is 1450 g/mol. The van der Waals surface area contributed by atoms with Gasteiger partial charge in [0, 0.05) is 99.9 Å². The van der Waals surface area contributed by atoms with Crippen LogP contribution >= 0.6 is 81.2 Å². The molecular formula is C66H50Cl7N9O9S3. The molecular weight excluding hydrogens is 1410 g/mol. The largest absolute Gasteiger partial charge is 0.287 e. The zero-order valence-corrected chi connectivity index (χ0v) is 57.4. The predicted molar refractivity (Wildman–Crippen MR) is 369 cm³/mol. The summed E-state index contributed by atoms with van der Waals surface area (Å²) in [6.45, 7) is 7.70. The normalized spacial score (nSPS) is 12.8. The maximum Gasteiger partial charge on any atom is 0.262 e. The Labute approximate surface area is 576 Å². The quantitative estimate of drug-likeness (QED) is 0.0759. The minimum Gasteiger partial charge on any atom is -0.287 e. The Morgan fingerprint density at radius 3 is 1.12 bits per heavy atom. The zero-order valence-electron chi connectivity index (χ0n) is 49.6. The summed E-state index contributed by atoms with van der Waals surface area (Å²) in [6, 6.07) is 21.7. The van der Waals surface area contributed by atoms with Crippen molar-refractivity contribution in [2.45, 2.75) is 73.5 Å². The van der Waals surface area contributed by atoms with Gasteiger partial charge >= 0.3 is 0 Å². The molecule has 3 aliphatic rings. The maximum atomic E-state index is 13.4. The molecule has 480 valence electrons. The summed E-state index contributed by atoms with van der Waals surface area (Å²) in [7, 11) is -12.2. The summed E-state index contributed by atoms with van der Waals surface area (Å²) in [4.78, 5) is 65.0. The maximum absolute atomic E-state index is 13.4. The highest BCUT2D eigenvalue weighted by Gasteiger charge is 2.30. The summed E-state index contributed by atoms with van der Waals surface area (Å²) in [6.07, 6.45) is 22.2. The van der Waals surface area contributed by atoms with Crippen molar-refractivity contribution in [1.29, 1.82) is 0 Å². The fourth-order valence-electron chi connectivity index (χ4n) is 10.0. The molecule has 0 saturated heterocycles. The minimum absolute atomic E-state index is 0.00182. The van der Waals surface area contributed by atoms with Crippen LogP contribution in [-0.4, -0.2) is 72.5 Å². The number of pyridine rings is 6. The van der Waals surface area contributed by atoms with Crippen molar-refractivity contribution in [3.63, 3.8) is 0 Å². The molecule has 0 radical (unpaired) electrons. The van der Waals surface area contributed by atoms with Crippen LogP contribution in [0.5, 0.6) is 0 Å². The summed E-state index contributed by atoms with van der Waals surface area (Å²) in [5, 5.41) is 1.81. The van der Waals surface area contributed by atoms with E-state index in [2.05, 4.69) is 44.1 Å². The smallest absolute Gasteiger partial charge is 0.262 e. The van der Waals surface area contributed by atoms with Crippen LogP contribution in [-0.2, 0) is 61.2 Å². The van der Waals surface area contributed by atoms with Crippen LogP contribution in [0.4, 0.5) is 17.1 Å². The average Bonchev–Trinajstić information content (AvgIpc) is 1.08. The highest BCUT2D eigenvalue weighted by Crippen LogP contribution is 2.36. The van der Waals surface area contributed by atoms with Crippen molar-refractivity contribution < 1.29 is 39.6 Å². The van der Waals surface area contributed by atoms with Crippen LogP contribution in [0.1, 0.15) is 121 Å². The highest BCUT2D eigenvalue weighted by molar-refractivity contribution is 7.93. The van der Waals surface area contributed by atoms with Crippen molar-refractivity contribution >= 4 is 164 Å². The minimum atomic E-state index is -4.09. The van der Waals surface area contributed by atoms with E-state index in [0.717, 1.165) is 17.1 Å². The van der Waals surface area contributed by atoms with Crippen LogP contribution in [0.3, 0.4) is 0 Å². The molecule has 3 N–H and O–H groups in total. The molecule has 0 atom stereocenters. The van der Waals surface area contributed by atoms with Gasteiger partial charge in [0.1, 0.15) is 17.1 Å².